The van der Waals surface area contributed by atoms with E-state index in [1.165, 1.54) is 64.2 Å². The topological polar surface area (TPSA) is 237 Å². The maximum absolute atomic E-state index is 12.9. The van der Waals surface area contributed by atoms with Gasteiger partial charge in [0.25, 0.3) is 0 Å². The molecule has 3 unspecified atom stereocenters. The summed E-state index contributed by atoms with van der Waals surface area (Å²) in [4.78, 5) is 71.2. The minimum atomic E-state index is -4.93. The molecule has 0 aliphatic heterocycles. The van der Waals surface area contributed by atoms with Gasteiger partial charge >= 0.3 is 39.5 Å². The molecule has 72 heavy (non-hydrogen) atoms. The van der Waals surface area contributed by atoms with E-state index in [1.54, 1.807) is 0 Å². The summed E-state index contributed by atoms with van der Waals surface area (Å²) in [6.07, 6.45) is 27.4. The van der Waals surface area contributed by atoms with Gasteiger partial charge in [-0.15, -0.1) is 0 Å². The fraction of sp³-hybridized carbons (Fsp3) is 0.925. The largest absolute Gasteiger partial charge is 0.472 e. The number of ether oxygens (including phenoxy) is 4. The number of esters is 4. The highest BCUT2D eigenvalue weighted by Crippen LogP contribution is 2.45. The SMILES string of the molecule is CCCCCCCCCCCCCCC(=O)O[C@H](COC(=O)CCCCCCCCC(C)CC)COP(=O)(O)OC[C@@H](O)COP(=O)(O)OC[C@@H](COC(=O)CCCCCCC)OC(=O)CCCCCCC. The number of aliphatic hydroxyl groups is 1. The molecule has 6 atom stereocenters. The first-order valence-corrected chi connectivity index (χ1v) is 31.2. The fourth-order valence-corrected chi connectivity index (χ4v) is 9.18. The Kier molecular flexibility index (Phi) is 46.2. The lowest BCUT2D eigenvalue weighted by Crippen LogP contribution is -2.30. The number of unbranched alkanes of at least 4 members (excludes halogenated alkanes) is 24. The number of hydrogen-bond donors (Lipinski definition) is 3. The van der Waals surface area contributed by atoms with Crippen LogP contribution in [0.15, 0.2) is 0 Å². The monoisotopic (exact) mass is 1070 g/mol. The molecular weight excluding hydrogens is 971 g/mol. The van der Waals surface area contributed by atoms with Crippen molar-refractivity contribution < 1.29 is 80.2 Å². The number of carbonyl (C=O) groups excluding carboxylic acids is 4. The Morgan fingerprint density at radius 2 is 0.667 bits per heavy atom. The van der Waals surface area contributed by atoms with Crippen molar-refractivity contribution in [1.82, 2.24) is 0 Å². The number of carbonyl (C=O) groups is 4. The van der Waals surface area contributed by atoms with Crippen molar-refractivity contribution in [2.75, 3.05) is 39.6 Å². The summed E-state index contributed by atoms with van der Waals surface area (Å²) in [5.74, 6) is -1.44. The molecule has 0 spiro atoms. The van der Waals surface area contributed by atoms with Gasteiger partial charge in [-0.05, 0) is 31.6 Å². The van der Waals surface area contributed by atoms with Gasteiger partial charge in [0, 0.05) is 25.7 Å². The molecule has 0 rings (SSSR count). The zero-order valence-electron chi connectivity index (χ0n) is 45.5. The summed E-state index contributed by atoms with van der Waals surface area (Å²) in [5.41, 5.74) is 0. The van der Waals surface area contributed by atoms with Crippen LogP contribution in [0.25, 0.3) is 0 Å². The van der Waals surface area contributed by atoms with Crippen molar-refractivity contribution in [1.29, 1.82) is 0 Å². The Morgan fingerprint density at radius 3 is 0.986 bits per heavy atom. The highest BCUT2D eigenvalue weighted by atomic mass is 31.2. The predicted molar refractivity (Wildman–Crippen MR) is 280 cm³/mol. The second-order valence-corrected chi connectivity index (χ2v) is 22.4. The van der Waals surface area contributed by atoms with Gasteiger partial charge in [-0.3, -0.25) is 37.3 Å². The molecule has 0 aliphatic rings. The molecule has 0 saturated carbocycles. The minimum absolute atomic E-state index is 0.0985. The molecule has 426 valence electrons. The number of hydrogen-bond acceptors (Lipinski definition) is 15. The van der Waals surface area contributed by atoms with Gasteiger partial charge in [-0.1, -0.05) is 202 Å². The molecule has 0 fully saturated rings. The maximum atomic E-state index is 12.9. The number of aliphatic hydroxyl groups excluding tert-OH is 1. The van der Waals surface area contributed by atoms with Crippen LogP contribution in [0.5, 0.6) is 0 Å². The van der Waals surface area contributed by atoms with E-state index in [4.69, 9.17) is 37.0 Å². The predicted octanol–water partition coefficient (Wildman–Crippen LogP) is 13.5. The van der Waals surface area contributed by atoms with Gasteiger partial charge < -0.3 is 33.8 Å². The van der Waals surface area contributed by atoms with E-state index in [0.717, 1.165) is 109 Å². The summed E-state index contributed by atoms with van der Waals surface area (Å²) in [6.45, 7) is 6.88. The highest BCUT2D eigenvalue weighted by Gasteiger charge is 2.30. The molecule has 19 heteroatoms. The van der Waals surface area contributed by atoms with Gasteiger partial charge in [0.05, 0.1) is 26.4 Å². The highest BCUT2D eigenvalue weighted by molar-refractivity contribution is 7.47. The summed E-state index contributed by atoms with van der Waals surface area (Å²) in [5, 5.41) is 10.4. The van der Waals surface area contributed by atoms with Crippen LogP contribution in [0, 0.1) is 5.92 Å². The summed E-state index contributed by atoms with van der Waals surface area (Å²) in [6, 6.07) is 0. The van der Waals surface area contributed by atoms with E-state index in [9.17, 15) is 43.2 Å². The van der Waals surface area contributed by atoms with Crippen molar-refractivity contribution in [3.8, 4) is 0 Å². The normalized spacial score (nSPS) is 14.9. The van der Waals surface area contributed by atoms with Crippen LogP contribution in [0.2, 0.25) is 0 Å². The molecule has 3 N–H and O–H groups in total. The van der Waals surface area contributed by atoms with E-state index in [1.807, 2.05) is 0 Å². The first-order valence-electron chi connectivity index (χ1n) is 28.2. The smallest absolute Gasteiger partial charge is 0.462 e. The van der Waals surface area contributed by atoms with Gasteiger partial charge in [0.2, 0.25) is 0 Å². The Bertz CT molecular complexity index is 1430. The van der Waals surface area contributed by atoms with Gasteiger partial charge in [-0.2, -0.15) is 0 Å². The number of phosphoric acid groups is 2. The molecule has 0 amide bonds. The van der Waals surface area contributed by atoms with Gasteiger partial charge in [0.15, 0.2) is 12.2 Å². The minimum Gasteiger partial charge on any atom is -0.462 e. The quantitative estimate of drug-likeness (QED) is 0.0222. The second-order valence-electron chi connectivity index (χ2n) is 19.5. The lowest BCUT2D eigenvalue weighted by molar-refractivity contribution is -0.161. The van der Waals surface area contributed by atoms with Crippen molar-refractivity contribution in [3.05, 3.63) is 0 Å². The fourth-order valence-electron chi connectivity index (χ4n) is 7.61. The maximum Gasteiger partial charge on any atom is 0.472 e. The molecular formula is C53H102O17P2. The van der Waals surface area contributed by atoms with Crippen molar-refractivity contribution in [2.24, 2.45) is 5.92 Å². The Labute approximate surface area is 435 Å². The van der Waals surface area contributed by atoms with Gasteiger partial charge in [0.1, 0.15) is 19.3 Å². The van der Waals surface area contributed by atoms with Crippen LogP contribution < -0.4 is 0 Å². The second kappa shape index (κ2) is 47.5. The van der Waals surface area contributed by atoms with Crippen molar-refractivity contribution in [2.45, 2.75) is 271 Å². The average Bonchev–Trinajstić information content (AvgIpc) is 3.35. The zero-order valence-corrected chi connectivity index (χ0v) is 47.3. The Hall–Kier alpha value is -1.94. The van der Waals surface area contributed by atoms with Crippen LogP contribution in [0.3, 0.4) is 0 Å². The third-order valence-corrected chi connectivity index (χ3v) is 14.3. The zero-order chi connectivity index (χ0) is 53.6. The molecule has 0 aromatic heterocycles. The van der Waals surface area contributed by atoms with Crippen LogP contribution in [0.4, 0.5) is 0 Å². The number of rotatable bonds is 53. The lowest BCUT2D eigenvalue weighted by Gasteiger charge is -2.21. The average molecular weight is 1070 g/mol. The molecule has 0 radical (unpaired) electrons. The van der Waals surface area contributed by atoms with E-state index >= 15 is 0 Å². The first kappa shape index (κ1) is 70.1. The lowest BCUT2D eigenvalue weighted by atomic mass is 10.00. The van der Waals surface area contributed by atoms with Crippen molar-refractivity contribution in [3.63, 3.8) is 0 Å². The summed E-state index contributed by atoms with van der Waals surface area (Å²) >= 11 is 0. The van der Waals surface area contributed by atoms with E-state index in [2.05, 4.69) is 34.6 Å². The third-order valence-electron chi connectivity index (χ3n) is 12.4. The molecule has 17 nitrogen and oxygen atoms in total. The first-order chi connectivity index (χ1) is 34.6. The molecule has 0 saturated heterocycles. The Balaban J connectivity index is 5.16. The molecule has 0 bridgehead atoms. The van der Waals surface area contributed by atoms with E-state index in [0.29, 0.717) is 25.7 Å². The van der Waals surface area contributed by atoms with Crippen molar-refractivity contribution >= 4 is 39.5 Å². The molecule has 0 aromatic carbocycles. The number of phosphoric ester groups is 2. The van der Waals surface area contributed by atoms with Gasteiger partial charge in [-0.25, -0.2) is 9.13 Å². The van der Waals surface area contributed by atoms with Crippen LogP contribution in [-0.4, -0.2) is 96.7 Å². The van der Waals surface area contributed by atoms with E-state index < -0.39 is 97.5 Å². The van der Waals surface area contributed by atoms with Crippen LogP contribution >= 0.6 is 15.6 Å². The summed E-state index contributed by atoms with van der Waals surface area (Å²) < 4.78 is 67.1. The van der Waals surface area contributed by atoms with E-state index in [-0.39, 0.29) is 25.7 Å². The third kappa shape index (κ3) is 46.6. The van der Waals surface area contributed by atoms with Crippen LogP contribution in [-0.2, 0) is 65.4 Å². The van der Waals surface area contributed by atoms with Crippen LogP contribution in [0.1, 0.15) is 253 Å². The standard InChI is InChI=1S/C53H102O17P2/c1-6-10-13-16-17-18-19-20-21-22-29-34-39-53(58)70-49(43-64-51(56)37-32-28-24-23-27-30-35-46(5)9-4)45-68-72(61,62)66-41-47(54)40-65-71(59,60)67-44-48(69-52(57)38-33-26-15-12-8-3)42-63-50(55)36-31-25-14-11-7-2/h46-49,54H,6-45H2,1-5H3,(H,59,60)(H,61,62)/t46?,47-,48+,49+/m0/s1. The molecule has 0 aromatic rings. The summed E-state index contributed by atoms with van der Waals surface area (Å²) in [7, 11) is -9.84. The molecule has 0 aliphatic carbocycles. The molecule has 0 heterocycles. The Morgan fingerprint density at radius 1 is 0.389 bits per heavy atom.